The van der Waals surface area contributed by atoms with E-state index in [1.807, 2.05) is 6.92 Å². The van der Waals surface area contributed by atoms with Crippen LogP contribution in [-0.2, 0) is 4.79 Å². The van der Waals surface area contributed by atoms with Crippen LogP contribution in [0.4, 0.5) is 0 Å². The summed E-state index contributed by atoms with van der Waals surface area (Å²) in [4.78, 5) is 13.3. The van der Waals surface area contributed by atoms with Gasteiger partial charge in [-0.3, -0.25) is 9.69 Å². The van der Waals surface area contributed by atoms with Crippen molar-refractivity contribution in [1.82, 2.24) is 4.90 Å². The quantitative estimate of drug-likeness (QED) is 0.777. The SMILES string of the molecule is CCC(C)C(C)N1CC(C)C(C(=O)O)C1. The highest BCUT2D eigenvalue weighted by Crippen LogP contribution is 2.27. The van der Waals surface area contributed by atoms with E-state index in [4.69, 9.17) is 5.11 Å². The number of hydrogen-bond donors (Lipinski definition) is 1. The number of aliphatic carboxylic acids is 1. The predicted molar refractivity (Wildman–Crippen MR) is 60.8 cm³/mol. The van der Waals surface area contributed by atoms with Crippen LogP contribution in [0.25, 0.3) is 0 Å². The third-order valence-corrected chi connectivity index (χ3v) is 4.00. The second-order valence-electron chi connectivity index (χ2n) is 5.00. The van der Waals surface area contributed by atoms with Gasteiger partial charge in [-0.25, -0.2) is 0 Å². The van der Waals surface area contributed by atoms with E-state index in [2.05, 4.69) is 25.7 Å². The van der Waals surface area contributed by atoms with Gasteiger partial charge >= 0.3 is 5.97 Å². The van der Waals surface area contributed by atoms with Gasteiger partial charge in [-0.2, -0.15) is 0 Å². The number of rotatable bonds is 4. The molecule has 0 radical (unpaired) electrons. The number of carbonyl (C=O) groups is 1. The maximum absolute atomic E-state index is 11.0. The van der Waals surface area contributed by atoms with Crippen LogP contribution >= 0.6 is 0 Å². The molecular formula is C12H23NO2. The van der Waals surface area contributed by atoms with Gasteiger partial charge in [0.25, 0.3) is 0 Å². The van der Waals surface area contributed by atoms with Crippen molar-refractivity contribution in [3.05, 3.63) is 0 Å². The minimum Gasteiger partial charge on any atom is -0.481 e. The van der Waals surface area contributed by atoms with Crippen molar-refractivity contribution in [2.75, 3.05) is 13.1 Å². The topological polar surface area (TPSA) is 40.5 Å². The van der Waals surface area contributed by atoms with Crippen molar-refractivity contribution in [3.63, 3.8) is 0 Å². The van der Waals surface area contributed by atoms with Crippen LogP contribution in [0.15, 0.2) is 0 Å². The highest BCUT2D eigenvalue weighted by atomic mass is 16.4. The molecule has 1 rings (SSSR count). The molecule has 0 aromatic carbocycles. The highest BCUT2D eigenvalue weighted by Gasteiger charge is 2.37. The van der Waals surface area contributed by atoms with Gasteiger partial charge in [-0.15, -0.1) is 0 Å². The Bertz CT molecular complexity index is 230. The number of carboxylic acid groups (broad SMARTS) is 1. The fourth-order valence-corrected chi connectivity index (χ4v) is 2.36. The van der Waals surface area contributed by atoms with Gasteiger partial charge in [0.2, 0.25) is 0 Å². The number of hydrogen-bond acceptors (Lipinski definition) is 2. The Morgan fingerprint density at radius 3 is 2.47 bits per heavy atom. The molecule has 0 spiro atoms. The lowest BCUT2D eigenvalue weighted by Crippen LogP contribution is -2.36. The summed E-state index contributed by atoms with van der Waals surface area (Å²) in [6.45, 7) is 10.3. The minimum absolute atomic E-state index is 0.170. The molecule has 1 saturated heterocycles. The fourth-order valence-electron chi connectivity index (χ4n) is 2.36. The zero-order valence-electron chi connectivity index (χ0n) is 10.2. The molecule has 15 heavy (non-hydrogen) atoms. The Hall–Kier alpha value is -0.570. The van der Waals surface area contributed by atoms with Crippen LogP contribution in [-0.4, -0.2) is 35.1 Å². The Morgan fingerprint density at radius 1 is 1.47 bits per heavy atom. The first-order valence-electron chi connectivity index (χ1n) is 5.94. The van der Waals surface area contributed by atoms with Gasteiger partial charge in [0.1, 0.15) is 0 Å². The second kappa shape index (κ2) is 4.97. The van der Waals surface area contributed by atoms with E-state index in [1.165, 1.54) is 0 Å². The molecule has 1 aliphatic rings. The smallest absolute Gasteiger partial charge is 0.308 e. The first kappa shape index (κ1) is 12.5. The average Bonchev–Trinajstić information content (AvgIpc) is 2.58. The molecule has 0 aromatic heterocycles. The summed E-state index contributed by atoms with van der Waals surface area (Å²) in [5, 5.41) is 9.05. The zero-order chi connectivity index (χ0) is 11.6. The number of likely N-dealkylation sites (tertiary alicyclic amines) is 1. The number of nitrogens with zero attached hydrogens (tertiary/aromatic N) is 1. The molecule has 0 aliphatic carbocycles. The summed E-state index contributed by atoms with van der Waals surface area (Å²) in [5.41, 5.74) is 0. The number of carboxylic acids is 1. The Kier molecular flexibility index (Phi) is 4.14. The van der Waals surface area contributed by atoms with E-state index >= 15 is 0 Å². The molecule has 1 fully saturated rings. The van der Waals surface area contributed by atoms with Crippen molar-refractivity contribution in [3.8, 4) is 0 Å². The van der Waals surface area contributed by atoms with Crippen LogP contribution in [0.5, 0.6) is 0 Å². The molecule has 3 nitrogen and oxygen atoms in total. The van der Waals surface area contributed by atoms with E-state index in [1.54, 1.807) is 0 Å². The van der Waals surface area contributed by atoms with Crippen molar-refractivity contribution >= 4 is 5.97 Å². The average molecular weight is 213 g/mol. The van der Waals surface area contributed by atoms with Gasteiger partial charge in [0.15, 0.2) is 0 Å². The summed E-state index contributed by atoms with van der Waals surface area (Å²) in [6.07, 6.45) is 1.16. The van der Waals surface area contributed by atoms with E-state index in [0.717, 1.165) is 19.5 Å². The molecule has 4 unspecified atom stereocenters. The third kappa shape index (κ3) is 2.71. The Labute approximate surface area is 92.5 Å². The maximum atomic E-state index is 11.0. The first-order chi connectivity index (χ1) is 6.97. The minimum atomic E-state index is -0.638. The van der Waals surface area contributed by atoms with Crippen LogP contribution in [0, 0.1) is 17.8 Å². The molecule has 0 aromatic rings. The largest absolute Gasteiger partial charge is 0.481 e. The van der Waals surface area contributed by atoms with Crippen LogP contribution in [0.3, 0.4) is 0 Å². The summed E-state index contributed by atoms with van der Waals surface area (Å²) >= 11 is 0. The first-order valence-corrected chi connectivity index (χ1v) is 5.94. The lowest BCUT2D eigenvalue weighted by atomic mass is 9.99. The van der Waals surface area contributed by atoms with Gasteiger partial charge in [0.05, 0.1) is 5.92 Å². The van der Waals surface area contributed by atoms with Crippen molar-refractivity contribution in [2.45, 2.75) is 40.2 Å². The monoisotopic (exact) mass is 213 g/mol. The van der Waals surface area contributed by atoms with E-state index < -0.39 is 5.97 Å². The van der Waals surface area contributed by atoms with Crippen molar-refractivity contribution in [2.24, 2.45) is 17.8 Å². The molecule has 4 atom stereocenters. The summed E-state index contributed by atoms with van der Waals surface area (Å²) in [5.74, 6) is 0.122. The standard InChI is InChI=1S/C12H23NO2/c1-5-8(2)10(4)13-6-9(3)11(7-13)12(14)15/h8-11H,5-7H2,1-4H3,(H,14,15). The van der Waals surface area contributed by atoms with E-state index in [-0.39, 0.29) is 11.8 Å². The molecule has 0 amide bonds. The fraction of sp³-hybridized carbons (Fsp3) is 0.917. The second-order valence-corrected chi connectivity index (χ2v) is 5.00. The molecule has 1 aliphatic heterocycles. The van der Waals surface area contributed by atoms with Crippen molar-refractivity contribution in [1.29, 1.82) is 0 Å². The zero-order valence-corrected chi connectivity index (χ0v) is 10.2. The molecule has 1 N–H and O–H groups in total. The molecule has 3 heteroatoms. The van der Waals surface area contributed by atoms with E-state index in [9.17, 15) is 4.79 Å². The van der Waals surface area contributed by atoms with Crippen LogP contribution in [0.2, 0.25) is 0 Å². The molecule has 1 heterocycles. The molecular weight excluding hydrogens is 190 g/mol. The van der Waals surface area contributed by atoms with Gasteiger partial charge in [0, 0.05) is 19.1 Å². The summed E-state index contributed by atoms with van der Waals surface area (Å²) in [6, 6.07) is 0.502. The van der Waals surface area contributed by atoms with Crippen molar-refractivity contribution < 1.29 is 9.90 Å². The predicted octanol–water partition coefficient (Wildman–Crippen LogP) is 2.07. The normalized spacial score (nSPS) is 31.5. The maximum Gasteiger partial charge on any atom is 0.308 e. The molecule has 0 bridgehead atoms. The van der Waals surface area contributed by atoms with Gasteiger partial charge < -0.3 is 5.11 Å². The molecule has 88 valence electrons. The van der Waals surface area contributed by atoms with Gasteiger partial charge in [-0.05, 0) is 18.8 Å². The Morgan fingerprint density at radius 2 is 2.07 bits per heavy atom. The Balaban J connectivity index is 2.57. The summed E-state index contributed by atoms with van der Waals surface area (Å²) < 4.78 is 0. The third-order valence-electron chi connectivity index (χ3n) is 4.00. The summed E-state index contributed by atoms with van der Waals surface area (Å²) in [7, 11) is 0. The van der Waals surface area contributed by atoms with E-state index in [0.29, 0.717) is 12.0 Å². The van der Waals surface area contributed by atoms with Crippen LogP contribution in [0.1, 0.15) is 34.1 Å². The lowest BCUT2D eigenvalue weighted by molar-refractivity contribution is -0.142. The molecule has 0 saturated carbocycles. The lowest BCUT2D eigenvalue weighted by Gasteiger charge is -2.29. The van der Waals surface area contributed by atoms with Gasteiger partial charge in [-0.1, -0.05) is 27.2 Å². The highest BCUT2D eigenvalue weighted by molar-refractivity contribution is 5.71. The van der Waals surface area contributed by atoms with Crippen LogP contribution < -0.4 is 0 Å².